The number of halogens is 1. The minimum atomic E-state index is -0.106. The Hall–Kier alpha value is -0.890. The summed E-state index contributed by atoms with van der Waals surface area (Å²) in [7, 11) is 0. The van der Waals surface area contributed by atoms with Crippen molar-refractivity contribution in [2.75, 3.05) is 6.54 Å². The fraction of sp³-hybridized carbons (Fsp3) is 0.571. The predicted octanol–water partition coefficient (Wildman–Crippen LogP) is 3.51. The van der Waals surface area contributed by atoms with E-state index in [1.165, 1.54) is 0 Å². The molecule has 0 bridgehead atoms. The maximum absolute atomic E-state index is 13.9. The molecule has 2 heteroatoms. The van der Waals surface area contributed by atoms with E-state index in [2.05, 4.69) is 12.2 Å². The second-order valence-electron chi connectivity index (χ2n) is 4.85. The highest BCUT2D eigenvalue weighted by Crippen LogP contribution is 2.36. The average molecular weight is 221 g/mol. The number of hydrogen-bond acceptors (Lipinski definition) is 1. The quantitative estimate of drug-likeness (QED) is 0.823. The lowest BCUT2D eigenvalue weighted by Gasteiger charge is -2.30. The Kier molecular flexibility index (Phi) is 3.29. The second kappa shape index (κ2) is 4.54. The predicted molar refractivity (Wildman–Crippen MR) is 65.0 cm³/mol. The van der Waals surface area contributed by atoms with Gasteiger partial charge in [-0.25, -0.2) is 4.39 Å². The second-order valence-corrected chi connectivity index (χ2v) is 4.85. The van der Waals surface area contributed by atoms with Crippen LogP contribution in [0.4, 0.5) is 4.39 Å². The molecule has 88 valence electrons. The molecule has 1 aliphatic rings. The first kappa shape index (κ1) is 11.6. The summed E-state index contributed by atoms with van der Waals surface area (Å²) in [4.78, 5) is 0. The number of hydrogen-bond donors (Lipinski definition) is 1. The lowest BCUT2D eigenvalue weighted by molar-refractivity contribution is 0.341. The molecule has 1 N–H and O–H groups in total. The molecule has 1 nitrogen and oxygen atoms in total. The third kappa shape index (κ3) is 1.99. The normalized spacial score (nSPS) is 24.9. The van der Waals surface area contributed by atoms with Crippen molar-refractivity contribution in [3.63, 3.8) is 0 Å². The number of nitrogens with one attached hydrogen (secondary N) is 1. The van der Waals surface area contributed by atoms with Gasteiger partial charge in [-0.2, -0.15) is 0 Å². The first-order valence-corrected chi connectivity index (χ1v) is 6.19. The van der Waals surface area contributed by atoms with Gasteiger partial charge in [0.15, 0.2) is 0 Å². The van der Waals surface area contributed by atoms with E-state index in [1.807, 2.05) is 19.1 Å². The van der Waals surface area contributed by atoms with E-state index >= 15 is 0 Å². The molecule has 0 aromatic heterocycles. The van der Waals surface area contributed by atoms with Crippen LogP contribution in [0.3, 0.4) is 0 Å². The molecular weight excluding hydrogens is 201 g/mol. The van der Waals surface area contributed by atoms with Gasteiger partial charge in [0, 0.05) is 11.1 Å². The maximum atomic E-state index is 13.9. The van der Waals surface area contributed by atoms with Crippen molar-refractivity contribution in [1.29, 1.82) is 0 Å². The summed E-state index contributed by atoms with van der Waals surface area (Å²) >= 11 is 0. The van der Waals surface area contributed by atoms with Gasteiger partial charge in [0.2, 0.25) is 0 Å². The number of rotatable bonds is 3. The smallest absolute Gasteiger partial charge is 0.128 e. The van der Waals surface area contributed by atoms with E-state index in [1.54, 1.807) is 6.07 Å². The van der Waals surface area contributed by atoms with Crippen molar-refractivity contribution in [3.05, 3.63) is 35.1 Å². The van der Waals surface area contributed by atoms with Crippen LogP contribution in [0.25, 0.3) is 0 Å². The third-order valence-electron chi connectivity index (χ3n) is 3.56. The standard InChI is InChI=1S/C14H20FN/c1-3-7-14(8-4-9-16-14)12-10-11(2)5-6-13(12)15/h5-6,10,16H,3-4,7-9H2,1-2H3. The zero-order valence-corrected chi connectivity index (χ0v) is 10.1. The van der Waals surface area contributed by atoms with Gasteiger partial charge in [0.05, 0.1) is 0 Å². The van der Waals surface area contributed by atoms with Gasteiger partial charge in [0.25, 0.3) is 0 Å². The maximum Gasteiger partial charge on any atom is 0.128 e. The van der Waals surface area contributed by atoms with Crippen molar-refractivity contribution in [1.82, 2.24) is 5.32 Å². The van der Waals surface area contributed by atoms with Gasteiger partial charge in [-0.05, 0) is 38.8 Å². The van der Waals surface area contributed by atoms with Crippen LogP contribution in [-0.2, 0) is 5.54 Å². The van der Waals surface area contributed by atoms with Gasteiger partial charge in [-0.3, -0.25) is 0 Å². The topological polar surface area (TPSA) is 12.0 Å². The van der Waals surface area contributed by atoms with Crippen molar-refractivity contribution in [2.45, 2.75) is 45.1 Å². The minimum absolute atomic E-state index is 0.0616. The van der Waals surface area contributed by atoms with Crippen LogP contribution >= 0.6 is 0 Å². The highest BCUT2D eigenvalue weighted by atomic mass is 19.1. The van der Waals surface area contributed by atoms with Crippen molar-refractivity contribution in [2.24, 2.45) is 0 Å². The molecule has 1 fully saturated rings. The Bertz CT molecular complexity index is 367. The Morgan fingerprint density at radius 3 is 2.88 bits per heavy atom. The molecule has 16 heavy (non-hydrogen) atoms. The largest absolute Gasteiger partial charge is 0.307 e. The van der Waals surface area contributed by atoms with Crippen molar-refractivity contribution < 1.29 is 4.39 Å². The number of aryl methyl sites for hydroxylation is 1. The van der Waals surface area contributed by atoms with Crippen molar-refractivity contribution >= 4 is 0 Å². The van der Waals surface area contributed by atoms with Crippen LogP contribution in [0.15, 0.2) is 18.2 Å². The Labute approximate surface area is 97.1 Å². The van der Waals surface area contributed by atoms with E-state index in [0.717, 1.165) is 43.4 Å². The van der Waals surface area contributed by atoms with Crippen LogP contribution < -0.4 is 5.32 Å². The monoisotopic (exact) mass is 221 g/mol. The third-order valence-corrected chi connectivity index (χ3v) is 3.56. The summed E-state index contributed by atoms with van der Waals surface area (Å²) in [6.07, 6.45) is 4.31. The lowest BCUT2D eigenvalue weighted by atomic mass is 9.83. The summed E-state index contributed by atoms with van der Waals surface area (Å²) in [5.41, 5.74) is 1.90. The Morgan fingerprint density at radius 1 is 1.44 bits per heavy atom. The molecule has 1 aromatic rings. The Balaban J connectivity index is 2.42. The SMILES string of the molecule is CCCC1(c2cc(C)ccc2F)CCCN1. The molecular formula is C14H20FN. The molecule has 1 atom stereocenters. The van der Waals surface area contributed by atoms with Crippen molar-refractivity contribution in [3.8, 4) is 0 Å². The molecule has 1 aromatic carbocycles. The molecule has 0 amide bonds. The van der Waals surface area contributed by atoms with E-state index in [9.17, 15) is 4.39 Å². The first-order valence-electron chi connectivity index (χ1n) is 6.19. The Morgan fingerprint density at radius 2 is 2.25 bits per heavy atom. The highest BCUT2D eigenvalue weighted by molar-refractivity contribution is 5.31. The minimum Gasteiger partial charge on any atom is -0.307 e. The van der Waals surface area contributed by atoms with E-state index in [4.69, 9.17) is 0 Å². The summed E-state index contributed by atoms with van der Waals surface area (Å²) in [5.74, 6) is -0.0616. The van der Waals surface area contributed by atoms with Crippen LogP contribution in [0.2, 0.25) is 0 Å². The highest BCUT2D eigenvalue weighted by Gasteiger charge is 2.36. The fourth-order valence-corrected chi connectivity index (χ4v) is 2.82. The summed E-state index contributed by atoms with van der Waals surface area (Å²) in [6.45, 7) is 5.19. The zero-order chi connectivity index (χ0) is 11.6. The molecule has 1 unspecified atom stereocenters. The van der Waals surface area contributed by atoms with Crippen LogP contribution in [0, 0.1) is 12.7 Å². The molecule has 1 aliphatic heterocycles. The molecule has 2 rings (SSSR count). The summed E-state index contributed by atoms with van der Waals surface area (Å²) in [5, 5.41) is 3.52. The van der Waals surface area contributed by atoms with Gasteiger partial charge in [0.1, 0.15) is 5.82 Å². The molecule has 0 spiro atoms. The lowest BCUT2D eigenvalue weighted by Crippen LogP contribution is -2.37. The average Bonchev–Trinajstić information content (AvgIpc) is 2.72. The van der Waals surface area contributed by atoms with Crippen LogP contribution in [0.5, 0.6) is 0 Å². The van der Waals surface area contributed by atoms with E-state index in [0.29, 0.717) is 0 Å². The molecule has 0 radical (unpaired) electrons. The molecule has 1 saturated heterocycles. The summed E-state index contributed by atoms with van der Waals surface area (Å²) in [6, 6.07) is 5.44. The molecule has 0 aliphatic carbocycles. The number of benzene rings is 1. The first-order chi connectivity index (χ1) is 7.68. The van der Waals surface area contributed by atoms with E-state index < -0.39 is 0 Å². The van der Waals surface area contributed by atoms with Crippen LogP contribution in [-0.4, -0.2) is 6.54 Å². The molecule has 0 saturated carbocycles. The summed E-state index contributed by atoms with van der Waals surface area (Å²) < 4.78 is 13.9. The molecule has 1 heterocycles. The van der Waals surface area contributed by atoms with Gasteiger partial charge >= 0.3 is 0 Å². The zero-order valence-electron chi connectivity index (χ0n) is 10.1. The van der Waals surface area contributed by atoms with Crippen LogP contribution in [0.1, 0.15) is 43.7 Å². The van der Waals surface area contributed by atoms with Gasteiger partial charge in [-0.15, -0.1) is 0 Å². The fourth-order valence-electron chi connectivity index (χ4n) is 2.82. The van der Waals surface area contributed by atoms with Gasteiger partial charge in [-0.1, -0.05) is 31.0 Å². The van der Waals surface area contributed by atoms with Gasteiger partial charge < -0.3 is 5.32 Å². The van der Waals surface area contributed by atoms with E-state index in [-0.39, 0.29) is 11.4 Å².